The van der Waals surface area contributed by atoms with E-state index in [-0.39, 0.29) is 22.5 Å². The van der Waals surface area contributed by atoms with Crippen LogP contribution in [0.15, 0.2) is 84.4 Å². The summed E-state index contributed by atoms with van der Waals surface area (Å²) < 4.78 is 0. The van der Waals surface area contributed by atoms with Crippen molar-refractivity contribution < 1.29 is 19.6 Å². The molecule has 1 fully saturated rings. The fourth-order valence-corrected chi connectivity index (χ4v) is 3.84. The molecule has 0 saturated carbocycles. The fourth-order valence-electron chi connectivity index (χ4n) is 3.66. The van der Waals surface area contributed by atoms with Crippen LogP contribution in [-0.2, 0) is 9.59 Å². The zero-order valence-electron chi connectivity index (χ0n) is 15.9. The quantitative estimate of drug-likeness (QED) is 0.207. The van der Waals surface area contributed by atoms with Gasteiger partial charge in [-0.05, 0) is 24.3 Å². The topological polar surface area (TPSA) is 101 Å². The van der Waals surface area contributed by atoms with Gasteiger partial charge in [-0.1, -0.05) is 60.1 Å². The number of aliphatic hydroxyl groups is 1. The number of para-hydroxylation sites is 1. The van der Waals surface area contributed by atoms with E-state index < -0.39 is 28.4 Å². The molecular formula is C23H15ClN2O5. The number of hydrogen-bond acceptors (Lipinski definition) is 5. The number of aliphatic hydroxyl groups excluding tert-OH is 1. The van der Waals surface area contributed by atoms with E-state index in [9.17, 15) is 24.8 Å². The van der Waals surface area contributed by atoms with Crippen LogP contribution in [0.4, 0.5) is 11.4 Å². The number of Topliss-reactive ketones (excluding diaryl/α,β-unsaturated/α-hetero) is 1. The van der Waals surface area contributed by atoms with Gasteiger partial charge in [0.2, 0.25) is 0 Å². The number of nitro benzene ring substituents is 1. The molecule has 3 aromatic rings. The first kappa shape index (κ1) is 20.3. The van der Waals surface area contributed by atoms with E-state index in [1.807, 2.05) is 0 Å². The van der Waals surface area contributed by atoms with Gasteiger partial charge in [-0.25, -0.2) is 0 Å². The molecule has 1 aliphatic rings. The van der Waals surface area contributed by atoms with E-state index in [4.69, 9.17) is 11.6 Å². The van der Waals surface area contributed by atoms with Crippen LogP contribution in [0, 0.1) is 10.1 Å². The summed E-state index contributed by atoms with van der Waals surface area (Å²) in [6, 6.07) is 19.1. The number of ketones is 1. The van der Waals surface area contributed by atoms with Gasteiger partial charge < -0.3 is 5.11 Å². The van der Waals surface area contributed by atoms with Crippen molar-refractivity contribution in [1.29, 1.82) is 0 Å². The molecule has 154 valence electrons. The van der Waals surface area contributed by atoms with Crippen LogP contribution < -0.4 is 4.90 Å². The van der Waals surface area contributed by atoms with Crippen molar-refractivity contribution in [3.05, 3.63) is 111 Å². The first-order valence-corrected chi connectivity index (χ1v) is 9.63. The lowest BCUT2D eigenvalue weighted by Crippen LogP contribution is -2.29. The fraction of sp³-hybridized carbons (Fsp3) is 0.0435. The van der Waals surface area contributed by atoms with Crippen LogP contribution in [0.25, 0.3) is 5.76 Å². The molecule has 0 spiro atoms. The summed E-state index contributed by atoms with van der Waals surface area (Å²) in [5.41, 5.74) is 0.190. The van der Waals surface area contributed by atoms with Crippen LogP contribution in [0.2, 0.25) is 5.02 Å². The Kier molecular flexibility index (Phi) is 5.27. The Morgan fingerprint density at radius 2 is 1.65 bits per heavy atom. The predicted molar refractivity (Wildman–Crippen MR) is 116 cm³/mol. The molecule has 4 rings (SSSR count). The van der Waals surface area contributed by atoms with E-state index in [1.54, 1.807) is 54.6 Å². The van der Waals surface area contributed by atoms with Gasteiger partial charge in [0.05, 0.1) is 16.1 Å². The van der Waals surface area contributed by atoms with E-state index in [1.165, 1.54) is 24.3 Å². The minimum Gasteiger partial charge on any atom is -0.507 e. The average molecular weight is 435 g/mol. The van der Waals surface area contributed by atoms with E-state index in [0.717, 1.165) is 4.90 Å². The van der Waals surface area contributed by atoms with Crippen molar-refractivity contribution in [3.63, 3.8) is 0 Å². The molecule has 1 saturated heterocycles. The molecule has 0 aliphatic carbocycles. The highest BCUT2D eigenvalue weighted by Gasteiger charge is 2.48. The van der Waals surface area contributed by atoms with Crippen molar-refractivity contribution in [2.75, 3.05) is 4.90 Å². The Bertz CT molecular complexity index is 1240. The molecule has 1 N–H and O–H groups in total. The molecular weight excluding hydrogens is 420 g/mol. The lowest BCUT2D eigenvalue weighted by Gasteiger charge is -2.25. The van der Waals surface area contributed by atoms with E-state index in [2.05, 4.69) is 0 Å². The smallest absolute Gasteiger partial charge is 0.300 e. The molecule has 0 unspecified atom stereocenters. The van der Waals surface area contributed by atoms with Crippen molar-refractivity contribution in [3.8, 4) is 0 Å². The van der Waals surface area contributed by atoms with Crippen molar-refractivity contribution in [2.45, 2.75) is 6.04 Å². The van der Waals surface area contributed by atoms with E-state index >= 15 is 0 Å². The van der Waals surface area contributed by atoms with Crippen LogP contribution in [-0.4, -0.2) is 21.7 Å². The lowest BCUT2D eigenvalue weighted by atomic mass is 9.94. The third kappa shape index (κ3) is 3.55. The highest BCUT2D eigenvalue weighted by atomic mass is 35.5. The number of nitro groups is 1. The Balaban J connectivity index is 2.02. The van der Waals surface area contributed by atoms with Gasteiger partial charge in [-0.3, -0.25) is 24.6 Å². The number of amides is 1. The second-order valence-electron chi connectivity index (χ2n) is 6.83. The summed E-state index contributed by atoms with van der Waals surface area (Å²) in [5, 5.41) is 23.0. The molecule has 1 atom stereocenters. The number of hydrogen-bond donors (Lipinski definition) is 1. The number of carbonyl (C=O) groups excluding carboxylic acids is 2. The van der Waals surface area contributed by atoms with Crippen LogP contribution in [0.1, 0.15) is 17.2 Å². The molecule has 0 bridgehead atoms. The lowest BCUT2D eigenvalue weighted by molar-refractivity contribution is -0.385. The number of anilines is 1. The highest BCUT2D eigenvalue weighted by molar-refractivity contribution is 6.52. The third-order valence-corrected chi connectivity index (χ3v) is 5.24. The molecule has 1 amide bonds. The number of rotatable bonds is 4. The van der Waals surface area contributed by atoms with E-state index in [0.29, 0.717) is 10.6 Å². The minimum absolute atomic E-state index is 0.101. The Morgan fingerprint density at radius 3 is 2.32 bits per heavy atom. The summed E-state index contributed by atoms with van der Waals surface area (Å²) in [5.74, 6) is -2.26. The number of carbonyl (C=O) groups is 2. The van der Waals surface area contributed by atoms with Gasteiger partial charge in [0, 0.05) is 22.3 Å². The summed E-state index contributed by atoms with van der Waals surface area (Å²) in [6.07, 6.45) is 0. The first-order chi connectivity index (χ1) is 14.9. The van der Waals surface area contributed by atoms with Crippen molar-refractivity contribution >= 4 is 40.4 Å². The second kappa shape index (κ2) is 8.04. The molecule has 8 heteroatoms. The highest BCUT2D eigenvalue weighted by Crippen LogP contribution is 2.45. The average Bonchev–Trinajstić information content (AvgIpc) is 3.04. The second-order valence-corrected chi connectivity index (χ2v) is 7.27. The van der Waals surface area contributed by atoms with Crippen molar-refractivity contribution in [2.24, 2.45) is 0 Å². The Hall–Kier alpha value is -3.97. The standard InChI is InChI=1S/C23H15ClN2O5/c24-15-9-6-10-16(13-15)25-20(17-11-4-5-12-18(17)26(30)31)19(22(28)23(25)29)21(27)14-7-2-1-3-8-14/h1-13,20,27H/b21-19+/t20-/m0/s1. The van der Waals surface area contributed by atoms with Gasteiger partial charge in [0.15, 0.2) is 0 Å². The SMILES string of the molecule is O=C1C(=O)N(c2cccc(Cl)c2)[C@@H](c2ccccc2[N+](=O)[O-])/C1=C(\O)c1ccccc1. The summed E-state index contributed by atoms with van der Waals surface area (Å²) >= 11 is 6.09. The summed E-state index contributed by atoms with van der Waals surface area (Å²) in [7, 11) is 0. The van der Waals surface area contributed by atoms with Crippen LogP contribution in [0.5, 0.6) is 0 Å². The number of benzene rings is 3. The molecule has 3 aromatic carbocycles. The summed E-state index contributed by atoms with van der Waals surface area (Å²) in [6.45, 7) is 0. The predicted octanol–water partition coefficient (Wildman–Crippen LogP) is 4.87. The largest absolute Gasteiger partial charge is 0.507 e. The normalized spacial score (nSPS) is 17.7. The van der Waals surface area contributed by atoms with Gasteiger partial charge in [0.1, 0.15) is 11.8 Å². The molecule has 1 heterocycles. The Labute approximate surface area is 182 Å². The Morgan fingerprint density at radius 1 is 0.968 bits per heavy atom. The van der Waals surface area contributed by atoms with Crippen LogP contribution in [0.3, 0.4) is 0 Å². The molecule has 1 aliphatic heterocycles. The maximum Gasteiger partial charge on any atom is 0.300 e. The number of halogens is 1. The number of nitrogens with zero attached hydrogens (tertiary/aromatic N) is 2. The molecule has 31 heavy (non-hydrogen) atoms. The molecule has 0 radical (unpaired) electrons. The maximum atomic E-state index is 13.0. The third-order valence-electron chi connectivity index (χ3n) is 5.01. The van der Waals surface area contributed by atoms with Crippen LogP contribution >= 0.6 is 11.6 Å². The van der Waals surface area contributed by atoms with Gasteiger partial charge >= 0.3 is 0 Å². The molecule has 7 nitrogen and oxygen atoms in total. The first-order valence-electron chi connectivity index (χ1n) is 9.25. The maximum absolute atomic E-state index is 13.0. The molecule has 0 aromatic heterocycles. The summed E-state index contributed by atoms with van der Waals surface area (Å²) in [4.78, 5) is 38.3. The van der Waals surface area contributed by atoms with Gasteiger partial charge in [-0.2, -0.15) is 0 Å². The van der Waals surface area contributed by atoms with Gasteiger partial charge in [-0.15, -0.1) is 0 Å². The van der Waals surface area contributed by atoms with Crippen molar-refractivity contribution in [1.82, 2.24) is 0 Å². The zero-order valence-corrected chi connectivity index (χ0v) is 16.7. The monoisotopic (exact) mass is 434 g/mol. The van der Waals surface area contributed by atoms with Gasteiger partial charge in [0.25, 0.3) is 17.4 Å². The zero-order chi connectivity index (χ0) is 22.1. The minimum atomic E-state index is -1.21.